The Hall–Kier alpha value is -2.80. The Balaban J connectivity index is 1.83. The fourth-order valence-corrected chi connectivity index (χ4v) is 4.00. The smallest absolute Gasteiger partial charge is 0.412 e. The second-order valence-corrected chi connectivity index (χ2v) is 9.15. The van der Waals surface area contributed by atoms with Gasteiger partial charge in [-0.05, 0) is 31.4 Å². The van der Waals surface area contributed by atoms with Crippen molar-refractivity contribution in [1.82, 2.24) is 14.6 Å². The molecule has 1 aliphatic heterocycles. The summed E-state index contributed by atoms with van der Waals surface area (Å²) in [5.74, 6) is -0.648. The lowest BCUT2D eigenvalue weighted by atomic mass is 9.93. The number of nitrogens with two attached hydrogens (primary N) is 1. The summed E-state index contributed by atoms with van der Waals surface area (Å²) in [5.41, 5.74) is 5.33. The van der Waals surface area contributed by atoms with E-state index in [1.807, 2.05) is 0 Å². The second-order valence-electron chi connectivity index (χ2n) is 9.15. The molecule has 2 aromatic rings. The van der Waals surface area contributed by atoms with E-state index in [2.05, 4.69) is 22.3 Å². The van der Waals surface area contributed by atoms with Crippen molar-refractivity contribution in [2.24, 2.45) is 11.7 Å². The van der Waals surface area contributed by atoms with E-state index in [9.17, 15) is 19.8 Å². The quantitative estimate of drug-likeness (QED) is 0.280. The van der Waals surface area contributed by atoms with Gasteiger partial charge in [-0.15, -0.1) is 0 Å². The first kappa shape index (κ1) is 26.8. The maximum absolute atomic E-state index is 12.4. The minimum Gasteiger partial charge on any atom is -0.455 e. The van der Waals surface area contributed by atoms with Crippen LogP contribution in [-0.4, -0.2) is 74.4 Å². The number of nitrogens with zero attached hydrogens (tertiary/aromatic N) is 3. The number of carbonyl (C=O) groups excluding carboxylic acids is 2. The SMILES string of the molecule is CCCCCOC(=O)Nc1ncnn2c([C@]3(C)O[C@H](CO)[C@@H](OC(=O)[C@@H](N)C(C)C)[C@H]3O)ccc12. The van der Waals surface area contributed by atoms with Crippen molar-refractivity contribution in [1.29, 1.82) is 0 Å². The van der Waals surface area contributed by atoms with Crippen molar-refractivity contribution in [2.45, 2.75) is 76.9 Å². The predicted molar refractivity (Wildman–Crippen MR) is 125 cm³/mol. The first-order chi connectivity index (χ1) is 16.6. The Kier molecular flexibility index (Phi) is 8.65. The van der Waals surface area contributed by atoms with E-state index in [0.29, 0.717) is 17.8 Å². The average Bonchev–Trinajstić information content (AvgIpc) is 3.37. The van der Waals surface area contributed by atoms with Crippen molar-refractivity contribution in [3.63, 3.8) is 0 Å². The summed E-state index contributed by atoms with van der Waals surface area (Å²) >= 11 is 0. The molecule has 35 heavy (non-hydrogen) atoms. The molecule has 12 heteroatoms. The number of unbranched alkanes of at least 4 members (excludes halogenated alkanes) is 2. The zero-order valence-electron chi connectivity index (χ0n) is 20.5. The van der Waals surface area contributed by atoms with E-state index in [1.54, 1.807) is 32.9 Å². The van der Waals surface area contributed by atoms with Crippen LogP contribution < -0.4 is 11.1 Å². The highest BCUT2D eigenvalue weighted by atomic mass is 16.6. The molecule has 5 N–H and O–H groups in total. The van der Waals surface area contributed by atoms with Crippen LogP contribution >= 0.6 is 0 Å². The summed E-state index contributed by atoms with van der Waals surface area (Å²) in [6.07, 6.45) is -0.117. The number of carbonyl (C=O) groups is 2. The largest absolute Gasteiger partial charge is 0.455 e. The highest BCUT2D eigenvalue weighted by Crippen LogP contribution is 2.41. The maximum atomic E-state index is 12.4. The number of hydrogen-bond donors (Lipinski definition) is 4. The topological polar surface area (TPSA) is 171 Å². The van der Waals surface area contributed by atoms with Crippen LogP contribution in [0.4, 0.5) is 10.6 Å². The monoisotopic (exact) mass is 493 g/mol. The Morgan fingerprint density at radius 2 is 2.09 bits per heavy atom. The number of aromatic nitrogens is 3. The molecular weight excluding hydrogens is 458 g/mol. The zero-order valence-corrected chi connectivity index (χ0v) is 20.5. The molecule has 12 nitrogen and oxygen atoms in total. The minimum absolute atomic E-state index is 0.170. The Morgan fingerprint density at radius 3 is 2.74 bits per heavy atom. The van der Waals surface area contributed by atoms with E-state index in [-0.39, 0.29) is 11.7 Å². The van der Waals surface area contributed by atoms with E-state index in [0.717, 1.165) is 19.3 Å². The Bertz CT molecular complexity index is 1030. The Morgan fingerprint density at radius 1 is 1.34 bits per heavy atom. The fraction of sp³-hybridized carbons (Fsp3) is 0.652. The van der Waals surface area contributed by atoms with Gasteiger partial charge in [-0.2, -0.15) is 5.10 Å². The van der Waals surface area contributed by atoms with Gasteiger partial charge in [-0.1, -0.05) is 33.6 Å². The first-order valence-electron chi connectivity index (χ1n) is 11.8. The minimum atomic E-state index is -1.40. The van der Waals surface area contributed by atoms with Gasteiger partial charge >= 0.3 is 12.1 Å². The van der Waals surface area contributed by atoms with Crippen molar-refractivity contribution >= 4 is 23.4 Å². The molecule has 0 radical (unpaired) electrons. The van der Waals surface area contributed by atoms with Gasteiger partial charge < -0.3 is 30.2 Å². The van der Waals surface area contributed by atoms with Crippen molar-refractivity contribution in [3.05, 3.63) is 24.2 Å². The number of rotatable bonds is 10. The molecule has 194 valence electrons. The molecule has 1 fully saturated rings. The molecule has 3 heterocycles. The van der Waals surface area contributed by atoms with E-state index in [4.69, 9.17) is 19.9 Å². The molecule has 0 aliphatic carbocycles. The van der Waals surface area contributed by atoms with Crippen molar-refractivity contribution in [2.75, 3.05) is 18.5 Å². The third-order valence-electron chi connectivity index (χ3n) is 6.22. The third kappa shape index (κ3) is 5.56. The molecule has 0 spiro atoms. The molecule has 5 atom stereocenters. The van der Waals surface area contributed by atoms with Gasteiger partial charge in [0.15, 0.2) is 11.9 Å². The number of hydrogen-bond acceptors (Lipinski definition) is 10. The number of ether oxygens (including phenoxy) is 3. The van der Waals surface area contributed by atoms with Crippen molar-refractivity contribution < 1.29 is 34.0 Å². The highest BCUT2D eigenvalue weighted by molar-refractivity contribution is 5.88. The summed E-state index contributed by atoms with van der Waals surface area (Å²) in [5, 5.41) is 27.9. The van der Waals surface area contributed by atoms with Gasteiger partial charge in [0.25, 0.3) is 0 Å². The molecule has 1 aliphatic rings. The second kappa shape index (κ2) is 11.3. The van der Waals surface area contributed by atoms with Crippen molar-refractivity contribution in [3.8, 4) is 0 Å². The number of esters is 1. The van der Waals surface area contributed by atoms with Crippen LogP contribution in [0.25, 0.3) is 5.52 Å². The van der Waals surface area contributed by atoms with Gasteiger partial charge in [-0.3, -0.25) is 10.1 Å². The van der Waals surface area contributed by atoms with Crippen LogP contribution in [0.5, 0.6) is 0 Å². The lowest BCUT2D eigenvalue weighted by molar-refractivity contribution is -0.159. The summed E-state index contributed by atoms with van der Waals surface area (Å²) in [7, 11) is 0. The van der Waals surface area contributed by atoms with Gasteiger partial charge in [0, 0.05) is 0 Å². The lowest BCUT2D eigenvalue weighted by Gasteiger charge is -2.28. The molecular formula is C23H35N5O7. The first-order valence-corrected chi connectivity index (χ1v) is 11.8. The van der Waals surface area contributed by atoms with Crippen LogP contribution in [0.2, 0.25) is 0 Å². The Labute approximate surface area is 203 Å². The van der Waals surface area contributed by atoms with Gasteiger partial charge in [0.2, 0.25) is 0 Å². The molecule has 0 saturated carbocycles. The van der Waals surface area contributed by atoms with Crippen LogP contribution in [0.3, 0.4) is 0 Å². The van der Waals surface area contributed by atoms with Gasteiger partial charge in [-0.25, -0.2) is 14.3 Å². The molecule has 0 aromatic carbocycles. The average molecular weight is 494 g/mol. The van der Waals surface area contributed by atoms with Crippen LogP contribution in [0.1, 0.15) is 52.7 Å². The summed E-state index contributed by atoms with van der Waals surface area (Å²) in [6.45, 7) is 7.03. The van der Waals surface area contributed by atoms with Crippen LogP contribution in [0, 0.1) is 5.92 Å². The molecule has 0 unspecified atom stereocenters. The molecule has 1 saturated heterocycles. The fourth-order valence-electron chi connectivity index (χ4n) is 4.00. The summed E-state index contributed by atoms with van der Waals surface area (Å²) < 4.78 is 18.1. The van der Waals surface area contributed by atoms with E-state index < -0.39 is 48.6 Å². The standard InChI is InChI=1S/C23H35N5O7/c1-5-6-7-10-33-22(32)27-20-14-8-9-16(28(14)26-12-25-20)23(4)19(30)18(15(11-29)35-23)34-21(31)17(24)13(2)3/h8-9,12-13,15,17-19,29-30H,5-7,10-11,24H2,1-4H3,(H,25,26,27,32)/t15-,17+,18-,19-,23+/m1/s1. The van der Waals surface area contributed by atoms with E-state index >= 15 is 0 Å². The highest BCUT2D eigenvalue weighted by Gasteiger charge is 2.56. The van der Waals surface area contributed by atoms with Gasteiger partial charge in [0.1, 0.15) is 35.7 Å². The zero-order chi connectivity index (χ0) is 25.8. The maximum Gasteiger partial charge on any atom is 0.412 e. The number of aliphatic hydroxyl groups excluding tert-OH is 2. The van der Waals surface area contributed by atoms with Crippen LogP contribution in [-0.2, 0) is 24.6 Å². The summed E-state index contributed by atoms with van der Waals surface area (Å²) in [6, 6.07) is 2.43. The predicted octanol–water partition coefficient (Wildman–Crippen LogP) is 1.33. The number of anilines is 1. The van der Waals surface area contributed by atoms with Crippen LogP contribution in [0.15, 0.2) is 18.5 Å². The summed E-state index contributed by atoms with van der Waals surface area (Å²) in [4.78, 5) is 28.7. The van der Waals surface area contributed by atoms with E-state index in [1.165, 1.54) is 10.8 Å². The molecule has 2 aromatic heterocycles. The van der Waals surface area contributed by atoms with Gasteiger partial charge in [0.05, 0.1) is 18.9 Å². The number of aliphatic hydroxyl groups is 2. The lowest BCUT2D eigenvalue weighted by Crippen LogP contribution is -2.46. The molecule has 0 bridgehead atoms. The molecule has 3 rings (SSSR count). The number of amides is 1. The number of nitrogens with one attached hydrogen (secondary N) is 1. The normalized spacial score (nSPS) is 25.1. The number of fused-ring (bicyclic) bond motifs is 1. The third-order valence-corrected chi connectivity index (χ3v) is 6.22. The molecule has 1 amide bonds.